The van der Waals surface area contributed by atoms with Crippen molar-refractivity contribution in [1.29, 1.82) is 0 Å². The molecule has 2 heterocycles. The van der Waals surface area contributed by atoms with Crippen LogP contribution in [0.4, 0.5) is 0 Å². The minimum absolute atomic E-state index is 0.264. The Kier molecular flexibility index (Phi) is 2.22. The Bertz CT molecular complexity index is 511. The number of benzene rings is 1. The summed E-state index contributed by atoms with van der Waals surface area (Å²) in [6.45, 7) is 0.940. The first-order valence-electron chi connectivity index (χ1n) is 4.87. The molecular formula is C11H9ClN2O2. The lowest BCUT2D eigenvalue weighted by Crippen LogP contribution is -1.97. The maximum Gasteiger partial charge on any atom is 0.231 e. The number of imidazole rings is 1. The van der Waals surface area contributed by atoms with Gasteiger partial charge in [0.15, 0.2) is 11.5 Å². The van der Waals surface area contributed by atoms with Crippen molar-refractivity contribution in [2.75, 3.05) is 6.79 Å². The highest BCUT2D eigenvalue weighted by Gasteiger charge is 2.16. The lowest BCUT2D eigenvalue weighted by atomic mass is 10.2. The molecule has 0 spiro atoms. The third-order valence-electron chi connectivity index (χ3n) is 2.45. The summed E-state index contributed by atoms with van der Waals surface area (Å²) in [5.41, 5.74) is 0.990. The molecule has 2 aromatic rings. The van der Waals surface area contributed by atoms with Crippen molar-refractivity contribution in [3.63, 3.8) is 0 Å². The molecule has 0 radical (unpaired) electrons. The van der Waals surface area contributed by atoms with Crippen molar-refractivity contribution in [3.8, 4) is 11.5 Å². The highest BCUT2D eigenvalue weighted by molar-refractivity contribution is 6.31. The highest BCUT2D eigenvalue weighted by Crippen LogP contribution is 2.36. The lowest BCUT2D eigenvalue weighted by Gasteiger charge is -2.06. The van der Waals surface area contributed by atoms with Crippen LogP contribution in [0.1, 0.15) is 5.56 Å². The first-order valence-corrected chi connectivity index (χ1v) is 5.24. The Morgan fingerprint density at radius 1 is 1.31 bits per heavy atom. The Morgan fingerprint density at radius 2 is 2.12 bits per heavy atom. The fraction of sp³-hybridized carbons (Fsp3) is 0.182. The second-order valence-electron chi connectivity index (χ2n) is 3.53. The van der Waals surface area contributed by atoms with Crippen molar-refractivity contribution in [3.05, 3.63) is 41.4 Å². The first kappa shape index (κ1) is 9.54. The fourth-order valence-corrected chi connectivity index (χ4v) is 1.87. The van der Waals surface area contributed by atoms with E-state index in [2.05, 4.69) is 4.98 Å². The largest absolute Gasteiger partial charge is 0.454 e. The van der Waals surface area contributed by atoms with Gasteiger partial charge in [-0.2, -0.15) is 0 Å². The summed E-state index contributed by atoms with van der Waals surface area (Å²) in [5, 5.41) is 0.679. The summed E-state index contributed by atoms with van der Waals surface area (Å²) in [7, 11) is 0. The van der Waals surface area contributed by atoms with Crippen LogP contribution < -0.4 is 9.47 Å². The Hall–Kier alpha value is -1.68. The second-order valence-corrected chi connectivity index (χ2v) is 3.94. The van der Waals surface area contributed by atoms with Gasteiger partial charge in [-0.15, -0.1) is 0 Å². The van der Waals surface area contributed by atoms with Crippen LogP contribution in [-0.4, -0.2) is 16.3 Å². The van der Waals surface area contributed by atoms with Gasteiger partial charge in [-0.1, -0.05) is 11.6 Å². The predicted octanol–water partition coefficient (Wildman–Crippen LogP) is 2.31. The number of ether oxygens (including phenoxy) is 2. The van der Waals surface area contributed by atoms with Crippen LogP contribution in [0.5, 0.6) is 11.5 Å². The zero-order chi connectivity index (χ0) is 11.0. The van der Waals surface area contributed by atoms with Gasteiger partial charge < -0.3 is 14.0 Å². The van der Waals surface area contributed by atoms with E-state index >= 15 is 0 Å². The molecule has 82 valence electrons. The molecule has 0 saturated carbocycles. The zero-order valence-corrected chi connectivity index (χ0v) is 9.15. The normalized spacial score (nSPS) is 13.1. The van der Waals surface area contributed by atoms with Gasteiger partial charge in [-0.25, -0.2) is 4.98 Å². The van der Waals surface area contributed by atoms with E-state index in [4.69, 9.17) is 21.1 Å². The van der Waals surface area contributed by atoms with Crippen LogP contribution in [0.2, 0.25) is 5.02 Å². The second kappa shape index (κ2) is 3.72. The average molecular weight is 237 g/mol. The van der Waals surface area contributed by atoms with Gasteiger partial charge >= 0.3 is 0 Å². The fourth-order valence-electron chi connectivity index (χ4n) is 1.66. The van der Waals surface area contributed by atoms with Gasteiger partial charge in [0.1, 0.15) is 0 Å². The van der Waals surface area contributed by atoms with Crippen molar-refractivity contribution in [2.24, 2.45) is 0 Å². The third-order valence-corrected chi connectivity index (χ3v) is 2.81. The predicted molar refractivity (Wildman–Crippen MR) is 58.9 cm³/mol. The van der Waals surface area contributed by atoms with Crippen molar-refractivity contribution >= 4 is 11.6 Å². The zero-order valence-electron chi connectivity index (χ0n) is 8.39. The van der Waals surface area contributed by atoms with E-state index in [9.17, 15) is 0 Å². The molecule has 1 aromatic carbocycles. The van der Waals surface area contributed by atoms with Crippen LogP contribution in [0.25, 0.3) is 0 Å². The molecule has 0 fully saturated rings. The maximum atomic E-state index is 6.16. The summed E-state index contributed by atoms with van der Waals surface area (Å²) >= 11 is 6.16. The number of aromatic nitrogens is 2. The van der Waals surface area contributed by atoms with E-state index in [1.54, 1.807) is 18.6 Å². The number of halogens is 1. The number of fused-ring (bicyclic) bond motifs is 1. The van der Waals surface area contributed by atoms with E-state index in [0.29, 0.717) is 17.3 Å². The molecule has 5 heteroatoms. The summed E-state index contributed by atoms with van der Waals surface area (Å²) in [4.78, 5) is 3.98. The third kappa shape index (κ3) is 1.61. The van der Waals surface area contributed by atoms with Gasteiger partial charge in [-0.3, -0.25) is 0 Å². The Balaban J connectivity index is 1.95. The van der Waals surface area contributed by atoms with E-state index in [-0.39, 0.29) is 6.79 Å². The Morgan fingerprint density at radius 3 is 2.88 bits per heavy atom. The van der Waals surface area contributed by atoms with Gasteiger partial charge in [0, 0.05) is 23.5 Å². The molecule has 3 rings (SSSR count). The number of nitrogens with zero attached hydrogens (tertiary/aromatic N) is 2. The molecule has 0 amide bonds. The van der Waals surface area contributed by atoms with Crippen LogP contribution in [0.15, 0.2) is 30.9 Å². The van der Waals surface area contributed by atoms with Crippen LogP contribution in [0, 0.1) is 0 Å². The summed E-state index contributed by atoms with van der Waals surface area (Å²) in [5.74, 6) is 1.46. The van der Waals surface area contributed by atoms with Crippen molar-refractivity contribution < 1.29 is 9.47 Å². The SMILES string of the molecule is Clc1cc2c(cc1Cn1ccnc1)OCO2. The van der Waals surface area contributed by atoms with Gasteiger partial charge in [0.2, 0.25) is 6.79 Å². The number of rotatable bonds is 2. The molecule has 0 atom stereocenters. The molecule has 0 aliphatic carbocycles. The van der Waals surface area contributed by atoms with Crippen LogP contribution in [-0.2, 0) is 6.54 Å². The average Bonchev–Trinajstić information content (AvgIpc) is 2.89. The van der Waals surface area contributed by atoms with Gasteiger partial charge in [-0.05, 0) is 11.6 Å². The molecular weight excluding hydrogens is 228 g/mol. The van der Waals surface area contributed by atoms with Crippen molar-refractivity contribution in [2.45, 2.75) is 6.54 Å². The summed E-state index contributed by atoms with van der Waals surface area (Å²) in [6.07, 6.45) is 5.38. The van der Waals surface area contributed by atoms with E-state index in [1.165, 1.54) is 0 Å². The number of hydrogen-bond donors (Lipinski definition) is 0. The molecule has 1 aliphatic heterocycles. The molecule has 0 bridgehead atoms. The molecule has 0 unspecified atom stereocenters. The first-order chi connectivity index (χ1) is 7.83. The molecule has 16 heavy (non-hydrogen) atoms. The molecule has 4 nitrogen and oxygen atoms in total. The van der Waals surface area contributed by atoms with Gasteiger partial charge in [0.25, 0.3) is 0 Å². The number of hydrogen-bond acceptors (Lipinski definition) is 3. The molecule has 1 aliphatic rings. The van der Waals surface area contributed by atoms with E-state index < -0.39 is 0 Å². The molecule has 0 N–H and O–H groups in total. The van der Waals surface area contributed by atoms with Gasteiger partial charge in [0.05, 0.1) is 12.9 Å². The Labute approximate surface area is 97.4 Å². The lowest BCUT2D eigenvalue weighted by molar-refractivity contribution is 0.174. The standard InChI is InChI=1S/C11H9ClN2O2/c12-9-4-11-10(15-7-16-11)3-8(9)5-14-2-1-13-6-14/h1-4,6H,5,7H2. The summed E-state index contributed by atoms with van der Waals surface area (Å²) in [6, 6.07) is 3.70. The minimum atomic E-state index is 0.264. The smallest absolute Gasteiger partial charge is 0.231 e. The molecule has 1 aromatic heterocycles. The monoisotopic (exact) mass is 236 g/mol. The summed E-state index contributed by atoms with van der Waals surface area (Å²) < 4.78 is 12.5. The molecule has 0 saturated heterocycles. The van der Waals surface area contributed by atoms with E-state index in [1.807, 2.05) is 16.8 Å². The van der Waals surface area contributed by atoms with Crippen molar-refractivity contribution in [1.82, 2.24) is 9.55 Å². The topological polar surface area (TPSA) is 36.3 Å². The van der Waals surface area contributed by atoms with E-state index in [0.717, 1.165) is 11.3 Å². The van der Waals surface area contributed by atoms with Crippen LogP contribution in [0.3, 0.4) is 0 Å². The maximum absolute atomic E-state index is 6.16. The minimum Gasteiger partial charge on any atom is -0.454 e. The van der Waals surface area contributed by atoms with Crippen LogP contribution >= 0.6 is 11.6 Å². The highest BCUT2D eigenvalue weighted by atomic mass is 35.5. The quantitative estimate of drug-likeness (QED) is 0.803.